The number of halogens is 3. The minimum Gasteiger partial charge on any atom is -0.480 e. The smallest absolute Gasteiger partial charge is 0.429 e. The van der Waals surface area contributed by atoms with Gasteiger partial charge in [0.05, 0.1) is 5.69 Å². The van der Waals surface area contributed by atoms with E-state index in [1.54, 1.807) is 60.9 Å². The van der Waals surface area contributed by atoms with Crippen LogP contribution in [0.1, 0.15) is 17.2 Å². The molecule has 4 rings (SSSR count). The Morgan fingerprint density at radius 3 is 2.11 bits per heavy atom. The number of hydrogen-bond donors (Lipinski definition) is 3. The highest BCUT2D eigenvalue weighted by Gasteiger charge is 2.43. The molecule has 2 unspecified atom stereocenters. The average Bonchev–Trinajstić information content (AvgIpc) is 2.87. The van der Waals surface area contributed by atoms with Gasteiger partial charge in [0.1, 0.15) is 6.04 Å². The first-order valence-corrected chi connectivity index (χ1v) is 11.1. The van der Waals surface area contributed by atoms with Crippen LogP contribution in [0.15, 0.2) is 79.1 Å². The van der Waals surface area contributed by atoms with Crippen LogP contribution in [0.2, 0.25) is 0 Å². The van der Waals surface area contributed by atoms with Crippen LogP contribution < -0.4 is 16.2 Å². The predicted octanol–water partition coefficient (Wildman–Crippen LogP) is 4.42. The van der Waals surface area contributed by atoms with Crippen molar-refractivity contribution in [3.05, 3.63) is 90.3 Å². The van der Waals surface area contributed by atoms with E-state index < -0.39 is 24.3 Å². The van der Waals surface area contributed by atoms with Crippen molar-refractivity contribution in [3.8, 4) is 28.3 Å². The first-order chi connectivity index (χ1) is 17.6. The molecule has 2 aromatic heterocycles. The molecule has 0 spiro atoms. The number of nitrogens with zero attached hydrogens (tertiary/aromatic N) is 3. The Labute approximate surface area is 209 Å². The van der Waals surface area contributed by atoms with E-state index in [0.29, 0.717) is 11.1 Å². The summed E-state index contributed by atoms with van der Waals surface area (Å²) in [7, 11) is 0. The van der Waals surface area contributed by atoms with Crippen LogP contribution in [-0.4, -0.2) is 38.2 Å². The summed E-state index contributed by atoms with van der Waals surface area (Å²) in [6.45, 7) is 0. The van der Waals surface area contributed by atoms with Gasteiger partial charge >= 0.3 is 12.1 Å². The number of aliphatic carboxylic acids is 1. The van der Waals surface area contributed by atoms with Gasteiger partial charge in [0.25, 0.3) is 0 Å². The molecule has 0 amide bonds. The lowest BCUT2D eigenvalue weighted by Gasteiger charge is -2.22. The van der Waals surface area contributed by atoms with Gasteiger partial charge in [0, 0.05) is 29.6 Å². The van der Waals surface area contributed by atoms with E-state index in [1.807, 2.05) is 0 Å². The summed E-state index contributed by atoms with van der Waals surface area (Å²) >= 11 is 0. The molecule has 4 aromatic rings. The van der Waals surface area contributed by atoms with E-state index in [1.165, 1.54) is 18.2 Å². The number of rotatable bonds is 8. The second kappa shape index (κ2) is 10.6. The van der Waals surface area contributed by atoms with E-state index in [2.05, 4.69) is 15.0 Å². The zero-order chi connectivity index (χ0) is 26.6. The first kappa shape index (κ1) is 25.6. The normalized spacial score (nSPS) is 13.1. The number of pyridine rings is 1. The number of hydrogen-bond acceptors (Lipinski definition) is 7. The SMILES string of the molecule is Nc1nc(OC(c2ccc(-c3ccncc3)cc2)C(F)(F)F)cc(-c2ccc(CC(N)C(=O)O)cc2)n1. The van der Waals surface area contributed by atoms with Crippen LogP contribution in [0, 0.1) is 0 Å². The topological polar surface area (TPSA) is 137 Å². The number of aromatic nitrogens is 3. The van der Waals surface area contributed by atoms with Gasteiger partial charge in [-0.3, -0.25) is 9.78 Å². The molecular weight excluding hydrogens is 487 g/mol. The minimum atomic E-state index is -4.73. The molecular formula is C26H22F3N5O3. The fourth-order valence-electron chi connectivity index (χ4n) is 3.64. The fourth-order valence-corrected chi connectivity index (χ4v) is 3.64. The van der Waals surface area contributed by atoms with Crippen LogP contribution >= 0.6 is 0 Å². The molecule has 0 aliphatic heterocycles. The quantitative estimate of drug-likeness (QED) is 0.317. The Balaban J connectivity index is 1.58. The van der Waals surface area contributed by atoms with Crippen LogP contribution in [0.25, 0.3) is 22.4 Å². The Morgan fingerprint density at radius 1 is 0.919 bits per heavy atom. The molecule has 0 fully saturated rings. The highest BCUT2D eigenvalue weighted by Crippen LogP contribution is 2.38. The molecule has 0 radical (unpaired) electrons. The van der Waals surface area contributed by atoms with Crippen molar-refractivity contribution in [2.24, 2.45) is 5.73 Å². The Bertz CT molecular complexity index is 1370. The maximum absolute atomic E-state index is 14.0. The maximum Gasteiger partial charge on any atom is 0.429 e. The standard InChI is InChI=1S/C26H22F3N5O3/c27-26(28,29)23(19-7-5-16(6-8-19)17-9-11-32-12-10-17)37-22-14-21(33-25(31)34-22)18-3-1-15(2-4-18)13-20(30)24(35)36/h1-12,14,20,23H,13,30H2,(H,35,36)(H2,31,33,34). The van der Waals surface area contributed by atoms with Crippen molar-refractivity contribution in [2.75, 3.05) is 5.73 Å². The average molecular weight is 509 g/mol. The van der Waals surface area contributed by atoms with Crippen molar-refractivity contribution >= 4 is 11.9 Å². The molecule has 2 heterocycles. The van der Waals surface area contributed by atoms with Gasteiger partial charge in [-0.2, -0.15) is 18.2 Å². The van der Waals surface area contributed by atoms with Gasteiger partial charge < -0.3 is 21.3 Å². The van der Waals surface area contributed by atoms with Gasteiger partial charge in [0.15, 0.2) is 0 Å². The van der Waals surface area contributed by atoms with Gasteiger partial charge in [-0.25, -0.2) is 4.98 Å². The van der Waals surface area contributed by atoms with Crippen molar-refractivity contribution < 1.29 is 27.8 Å². The molecule has 0 saturated heterocycles. The van der Waals surface area contributed by atoms with Gasteiger partial charge in [-0.1, -0.05) is 48.5 Å². The van der Waals surface area contributed by atoms with Crippen LogP contribution in [-0.2, 0) is 11.2 Å². The highest BCUT2D eigenvalue weighted by molar-refractivity contribution is 5.73. The Hall–Kier alpha value is -4.51. The molecule has 190 valence electrons. The molecule has 0 aliphatic rings. The second-order valence-corrected chi connectivity index (χ2v) is 8.19. The number of carboxylic acids is 1. The second-order valence-electron chi connectivity index (χ2n) is 8.19. The summed E-state index contributed by atoms with van der Waals surface area (Å²) in [5, 5.41) is 8.96. The molecule has 0 bridgehead atoms. The fraction of sp³-hybridized carbons (Fsp3) is 0.154. The Morgan fingerprint density at radius 2 is 1.51 bits per heavy atom. The van der Waals surface area contributed by atoms with Gasteiger partial charge in [-0.05, 0) is 35.2 Å². The lowest BCUT2D eigenvalue weighted by Crippen LogP contribution is -2.32. The van der Waals surface area contributed by atoms with E-state index >= 15 is 0 Å². The highest BCUT2D eigenvalue weighted by atomic mass is 19.4. The Kier molecular flexibility index (Phi) is 7.35. The number of anilines is 1. The molecule has 5 N–H and O–H groups in total. The lowest BCUT2D eigenvalue weighted by molar-refractivity contribution is -0.198. The molecule has 37 heavy (non-hydrogen) atoms. The third kappa shape index (κ3) is 6.39. The number of nitrogens with two attached hydrogens (primary N) is 2. The molecule has 2 atom stereocenters. The number of carboxylic acid groups (broad SMARTS) is 1. The summed E-state index contributed by atoms with van der Waals surface area (Å²) in [6, 6.07) is 16.1. The summed E-state index contributed by atoms with van der Waals surface area (Å²) in [6.07, 6.45) is -3.71. The van der Waals surface area contributed by atoms with Crippen molar-refractivity contribution in [2.45, 2.75) is 24.7 Å². The third-order valence-corrected chi connectivity index (χ3v) is 5.51. The summed E-state index contributed by atoms with van der Waals surface area (Å²) < 4.78 is 47.3. The number of ether oxygens (including phenoxy) is 1. The first-order valence-electron chi connectivity index (χ1n) is 11.1. The lowest BCUT2D eigenvalue weighted by atomic mass is 10.0. The summed E-state index contributed by atoms with van der Waals surface area (Å²) in [5.74, 6) is -1.74. The maximum atomic E-state index is 14.0. The van der Waals surface area contributed by atoms with E-state index in [0.717, 1.165) is 11.1 Å². The minimum absolute atomic E-state index is 0.108. The molecule has 2 aromatic carbocycles. The largest absolute Gasteiger partial charge is 0.480 e. The molecule has 11 heteroatoms. The molecule has 0 aliphatic carbocycles. The number of carbonyl (C=O) groups is 1. The zero-order valence-electron chi connectivity index (χ0n) is 19.3. The van der Waals surface area contributed by atoms with Crippen molar-refractivity contribution in [1.82, 2.24) is 15.0 Å². The van der Waals surface area contributed by atoms with Gasteiger partial charge in [-0.15, -0.1) is 0 Å². The summed E-state index contributed by atoms with van der Waals surface area (Å²) in [5.41, 5.74) is 14.2. The summed E-state index contributed by atoms with van der Waals surface area (Å²) in [4.78, 5) is 22.8. The van der Waals surface area contributed by atoms with Gasteiger partial charge in [0.2, 0.25) is 17.9 Å². The van der Waals surface area contributed by atoms with E-state index in [4.69, 9.17) is 21.3 Å². The van der Waals surface area contributed by atoms with Crippen molar-refractivity contribution in [3.63, 3.8) is 0 Å². The zero-order valence-corrected chi connectivity index (χ0v) is 19.3. The van der Waals surface area contributed by atoms with E-state index in [9.17, 15) is 18.0 Å². The van der Waals surface area contributed by atoms with Crippen LogP contribution in [0.3, 0.4) is 0 Å². The predicted molar refractivity (Wildman–Crippen MR) is 130 cm³/mol. The van der Waals surface area contributed by atoms with Crippen molar-refractivity contribution in [1.29, 1.82) is 0 Å². The monoisotopic (exact) mass is 509 g/mol. The van der Waals surface area contributed by atoms with Crippen LogP contribution in [0.4, 0.5) is 19.1 Å². The number of benzene rings is 2. The number of alkyl halides is 3. The van der Waals surface area contributed by atoms with E-state index in [-0.39, 0.29) is 29.5 Å². The number of nitrogen functional groups attached to an aromatic ring is 1. The third-order valence-electron chi connectivity index (χ3n) is 5.51. The molecule has 0 saturated carbocycles. The molecule has 8 nitrogen and oxygen atoms in total. The van der Waals surface area contributed by atoms with Crippen LogP contribution in [0.5, 0.6) is 5.88 Å².